The van der Waals surface area contributed by atoms with Crippen LogP contribution in [-0.4, -0.2) is 111 Å². The number of aryl methyl sites for hydroxylation is 1. The van der Waals surface area contributed by atoms with E-state index in [1.807, 2.05) is 63.2 Å². The van der Waals surface area contributed by atoms with Crippen LogP contribution in [0.4, 0.5) is 23.2 Å². The van der Waals surface area contributed by atoms with Gasteiger partial charge in [-0.05, 0) is 63.8 Å². The van der Waals surface area contributed by atoms with Crippen molar-refractivity contribution in [2.75, 3.05) is 51.8 Å². The van der Waals surface area contributed by atoms with Gasteiger partial charge in [-0.3, -0.25) is 28.8 Å². The highest BCUT2D eigenvalue weighted by Crippen LogP contribution is 2.26. The van der Waals surface area contributed by atoms with Gasteiger partial charge >= 0.3 is 0 Å². The number of hydrogen-bond acceptors (Lipinski definition) is 12. The number of anilines is 1. The fourth-order valence-corrected chi connectivity index (χ4v) is 4.65. The first kappa shape index (κ1) is 59.6. The van der Waals surface area contributed by atoms with E-state index in [4.69, 9.17) is 25.5 Å². The summed E-state index contributed by atoms with van der Waals surface area (Å²) in [6.07, 6.45) is 3.41. The van der Waals surface area contributed by atoms with E-state index >= 15 is 0 Å². The molecule has 0 aromatic heterocycles. The van der Waals surface area contributed by atoms with Crippen LogP contribution in [0.2, 0.25) is 0 Å². The third kappa shape index (κ3) is 29.0. The lowest BCUT2D eigenvalue weighted by Gasteiger charge is -2.17. The quantitative estimate of drug-likeness (QED) is 0.0295. The molecular weight excluding hydrogens is 852 g/mol. The van der Waals surface area contributed by atoms with Crippen molar-refractivity contribution in [2.24, 2.45) is 5.73 Å². The lowest BCUT2D eigenvalue weighted by molar-refractivity contribution is -0.134. The summed E-state index contributed by atoms with van der Waals surface area (Å²) in [6.45, 7) is 6.81. The molecule has 0 aliphatic heterocycles. The zero-order valence-corrected chi connectivity index (χ0v) is 36.5. The Morgan fingerprint density at radius 2 is 1.42 bits per heavy atom. The van der Waals surface area contributed by atoms with Crippen LogP contribution in [0.3, 0.4) is 0 Å². The van der Waals surface area contributed by atoms with Crippen molar-refractivity contribution < 1.29 is 70.8 Å². The maximum absolute atomic E-state index is 13.4. The predicted octanol–water partition coefficient (Wildman–Crippen LogP) is 3.09. The molecule has 3 aromatic carbocycles. The number of para-hydroxylation sites is 1. The van der Waals surface area contributed by atoms with E-state index in [0.717, 1.165) is 57.6 Å². The van der Waals surface area contributed by atoms with E-state index in [0.29, 0.717) is 6.42 Å². The highest BCUT2D eigenvalue weighted by Gasteiger charge is 2.23. The van der Waals surface area contributed by atoms with Gasteiger partial charge in [0, 0.05) is 44.9 Å². The summed E-state index contributed by atoms with van der Waals surface area (Å²) in [6, 6.07) is 17.0. The van der Waals surface area contributed by atoms with E-state index in [-0.39, 0.29) is 50.5 Å². The highest BCUT2D eigenvalue weighted by molar-refractivity contribution is 5.92. The fourth-order valence-electron chi connectivity index (χ4n) is 4.65. The Morgan fingerprint density at radius 1 is 0.844 bits per heavy atom. The number of rotatable bonds is 23. The minimum Gasteiger partial charge on any atom is -0.481 e. The molecule has 17 nitrogen and oxygen atoms in total. The molecule has 0 saturated carbocycles. The highest BCUT2D eigenvalue weighted by atomic mass is 19.2. The molecule has 4 amide bonds. The number of benzene rings is 3. The molecule has 0 bridgehead atoms. The number of ether oxygens (including phenoxy) is 2. The standard InChI is InChI=1S/C16H18F4N4O5.C15H22N2O2.C9H12O.C2H4O2.CH4O/c17-9-3-10(18)14(20)15(13(9)19)29-6-8(26)4-23-16(28)11(1-2-21)24-12(27)5-22-7-25;1-12-7-3-4-9-14(12)16-11-15(19)17-13(2)8-5-6-10-18;1-2-10-8-9-6-4-3-5-7-9;1-2(3)4;1-2/h3,7,11H,1-2,4-6,21H2,(H,22,25)(H,23,28)(H,24,27);3-4,7,9-10,13,16H,5-6,8,11H2,1-2H3,(H,17,19);3-7H,2,8H2,1H3;1H3,(H,3,4);2H,1H3. The first-order valence-electron chi connectivity index (χ1n) is 19.7. The Hall–Kier alpha value is -6.45. The number of halogens is 4. The zero-order valence-electron chi connectivity index (χ0n) is 36.5. The van der Waals surface area contributed by atoms with Crippen LogP contribution in [0.1, 0.15) is 57.6 Å². The van der Waals surface area contributed by atoms with Crippen LogP contribution in [0.5, 0.6) is 5.75 Å². The van der Waals surface area contributed by atoms with Gasteiger partial charge in [-0.25, -0.2) is 8.78 Å². The summed E-state index contributed by atoms with van der Waals surface area (Å²) in [5.74, 6) is -11.7. The monoisotopic (exact) mass is 912 g/mol. The predicted molar refractivity (Wildman–Crippen MR) is 230 cm³/mol. The second kappa shape index (κ2) is 37.1. The van der Waals surface area contributed by atoms with Crippen molar-refractivity contribution in [3.8, 4) is 5.75 Å². The van der Waals surface area contributed by atoms with Crippen molar-refractivity contribution in [3.63, 3.8) is 0 Å². The summed E-state index contributed by atoms with van der Waals surface area (Å²) in [4.78, 5) is 76.4. The molecule has 0 fully saturated rings. The summed E-state index contributed by atoms with van der Waals surface area (Å²) in [5, 5.41) is 27.0. The lowest BCUT2D eigenvalue weighted by atomic mass is 10.1. The van der Waals surface area contributed by atoms with Crippen molar-refractivity contribution >= 4 is 47.9 Å². The number of amides is 4. The van der Waals surface area contributed by atoms with Crippen molar-refractivity contribution in [1.29, 1.82) is 0 Å². The normalized spacial score (nSPS) is 10.6. The Bertz CT molecular complexity index is 1820. The van der Waals surface area contributed by atoms with Gasteiger partial charge in [0.15, 0.2) is 23.2 Å². The van der Waals surface area contributed by atoms with Gasteiger partial charge in [0.05, 0.1) is 26.2 Å². The molecule has 21 heteroatoms. The van der Waals surface area contributed by atoms with E-state index in [2.05, 4.69) is 43.5 Å². The number of unbranched alkanes of at least 4 members (excludes halogenated alkanes) is 1. The van der Waals surface area contributed by atoms with E-state index in [9.17, 15) is 46.3 Å². The zero-order chi connectivity index (χ0) is 48.9. The molecule has 0 spiro atoms. The van der Waals surface area contributed by atoms with Gasteiger partial charge < -0.3 is 56.8 Å². The Labute approximate surface area is 369 Å². The van der Waals surface area contributed by atoms with Crippen LogP contribution < -0.4 is 37.1 Å². The van der Waals surface area contributed by atoms with Crippen LogP contribution in [0, 0.1) is 30.2 Å². The first-order chi connectivity index (χ1) is 30.5. The fraction of sp³-hybridized carbons (Fsp3) is 0.419. The van der Waals surface area contributed by atoms with Crippen LogP contribution in [0.15, 0.2) is 60.7 Å². The number of carboxylic acid groups (broad SMARTS) is 1. The SMILES string of the molecule is CC(=O)O.CCOCc1ccccc1.CO.Cc1ccccc1NCC(=O)NC(C)CCCC=O.NCCC(NC(=O)CNC=O)C(=O)NCC(=O)COc1c(F)c(F)cc(F)c1F. The summed E-state index contributed by atoms with van der Waals surface area (Å²) in [7, 11) is 1.00. The Morgan fingerprint density at radius 3 is 1.97 bits per heavy atom. The number of carboxylic acids is 1. The molecule has 356 valence electrons. The summed E-state index contributed by atoms with van der Waals surface area (Å²) >= 11 is 0. The van der Waals surface area contributed by atoms with E-state index in [1.165, 1.54) is 5.56 Å². The van der Waals surface area contributed by atoms with E-state index in [1.54, 1.807) is 0 Å². The van der Waals surface area contributed by atoms with Gasteiger partial charge in [-0.2, -0.15) is 8.78 Å². The molecular formula is C43H60F4N6O11. The Balaban J connectivity index is 0. The number of nitrogens with two attached hydrogens (primary N) is 1. The molecule has 3 rings (SSSR count). The average Bonchev–Trinajstić information content (AvgIpc) is 3.27. The third-order valence-corrected chi connectivity index (χ3v) is 7.63. The molecule has 0 saturated heterocycles. The Kier molecular flexibility index (Phi) is 34.6. The summed E-state index contributed by atoms with van der Waals surface area (Å²) in [5.41, 5.74) is 8.68. The van der Waals surface area contributed by atoms with Crippen LogP contribution >= 0.6 is 0 Å². The molecule has 2 atom stereocenters. The number of aliphatic hydroxyl groups is 1. The topological polar surface area (TPSA) is 265 Å². The van der Waals surface area contributed by atoms with Gasteiger partial charge in [0.25, 0.3) is 5.97 Å². The largest absolute Gasteiger partial charge is 0.481 e. The minimum absolute atomic E-state index is 0.0141. The second-order valence-corrected chi connectivity index (χ2v) is 12.9. The molecule has 64 heavy (non-hydrogen) atoms. The molecule has 2 unspecified atom stereocenters. The molecule has 0 radical (unpaired) electrons. The second-order valence-electron chi connectivity index (χ2n) is 12.9. The van der Waals surface area contributed by atoms with Gasteiger partial charge in [-0.15, -0.1) is 0 Å². The summed E-state index contributed by atoms with van der Waals surface area (Å²) < 4.78 is 62.7. The minimum atomic E-state index is -1.81. The van der Waals surface area contributed by atoms with E-state index < -0.39 is 71.8 Å². The number of aliphatic carboxylic acids is 1. The number of aliphatic hydroxyl groups excluding tert-OH is 1. The first-order valence-corrected chi connectivity index (χ1v) is 19.7. The molecule has 3 aromatic rings. The maximum Gasteiger partial charge on any atom is 0.300 e. The number of carbonyl (C=O) groups excluding carboxylic acids is 6. The van der Waals surface area contributed by atoms with Crippen molar-refractivity contribution in [1.82, 2.24) is 21.3 Å². The number of aldehydes is 1. The van der Waals surface area contributed by atoms with Gasteiger partial charge in [0.2, 0.25) is 35.8 Å². The molecule has 0 aliphatic carbocycles. The van der Waals surface area contributed by atoms with Crippen LogP contribution in [-0.2, 0) is 44.9 Å². The van der Waals surface area contributed by atoms with Crippen molar-refractivity contribution in [2.45, 2.75) is 72.1 Å². The van der Waals surface area contributed by atoms with Crippen LogP contribution in [0.25, 0.3) is 0 Å². The third-order valence-electron chi connectivity index (χ3n) is 7.63. The number of hydrogen-bond donors (Lipinski definition) is 8. The number of Topliss-reactive ketones (excluding diaryl/α,β-unsaturated/α-hetero) is 1. The molecule has 9 N–H and O–H groups in total. The molecule has 0 heterocycles. The van der Waals surface area contributed by atoms with Gasteiger partial charge in [0.1, 0.15) is 18.9 Å². The number of ketones is 1. The molecule has 0 aliphatic rings. The maximum atomic E-state index is 13.4. The number of carbonyl (C=O) groups is 7. The number of nitrogens with one attached hydrogen (secondary N) is 5. The lowest BCUT2D eigenvalue weighted by Crippen LogP contribution is -2.50. The smallest absolute Gasteiger partial charge is 0.300 e. The average molecular weight is 913 g/mol. The van der Waals surface area contributed by atoms with Crippen molar-refractivity contribution in [3.05, 3.63) is 95.1 Å². The van der Waals surface area contributed by atoms with Gasteiger partial charge in [-0.1, -0.05) is 48.5 Å².